The van der Waals surface area contributed by atoms with E-state index >= 15 is 0 Å². The molecule has 0 fully saturated rings. The molecular formula is C8H11Cl2NO. The lowest BCUT2D eigenvalue weighted by molar-refractivity contribution is 0.464. The van der Waals surface area contributed by atoms with Crippen LogP contribution in [-0.4, -0.2) is 5.11 Å². The molecular weight excluding hydrogens is 197 g/mol. The summed E-state index contributed by atoms with van der Waals surface area (Å²) in [6.07, 6.45) is 0. The maximum absolute atomic E-state index is 9.36. The molecule has 0 aliphatic heterocycles. The second-order valence-electron chi connectivity index (χ2n) is 2.47. The highest BCUT2D eigenvalue weighted by atomic mass is 35.5. The Labute approximate surface area is 82.8 Å². The molecule has 1 aromatic rings. The number of phenols is 1. The Kier molecular flexibility index (Phi) is 4.39. The summed E-state index contributed by atoms with van der Waals surface area (Å²) in [5, 5.41) is 9.70. The van der Waals surface area contributed by atoms with Gasteiger partial charge < -0.3 is 10.8 Å². The zero-order valence-electron chi connectivity index (χ0n) is 6.62. The lowest BCUT2D eigenvalue weighted by Crippen LogP contribution is -2.04. The fraction of sp³-hybridized carbons (Fsp3) is 0.250. The lowest BCUT2D eigenvalue weighted by Gasteiger charge is -2.08. The third kappa shape index (κ3) is 2.27. The van der Waals surface area contributed by atoms with E-state index < -0.39 is 0 Å². The molecule has 1 aromatic carbocycles. The number of benzene rings is 1. The number of aromatic hydroxyl groups is 1. The Hall–Kier alpha value is -0.440. The molecule has 0 saturated heterocycles. The zero-order valence-corrected chi connectivity index (χ0v) is 8.19. The van der Waals surface area contributed by atoms with E-state index in [2.05, 4.69) is 0 Å². The van der Waals surface area contributed by atoms with Crippen LogP contribution in [0, 0.1) is 0 Å². The van der Waals surface area contributed by atoms with Gasteiger partial charge in [0.2, 0.25) is 0 Å². The largest absolute Gasteiger partial charge is 0.506 e. The van der Waals surface area contributed by atoms with E-state index in [1.165, 1.54) is 0 Å². The molecule has 4 heteroatoms. The summed E-state index contributed by atoms with van der Waals surface area (Å²) in [7, 11) is 0. The summed E-state index contributed by atoms with van der Waals surface area (Å²) in [4.78, 5) is 0. The number of nitrogens with two attached hydrogens (primary N) is 1. The molecule has 0 saturated carbocycles. The van der Waals surface area contributed by atoms with E-state index in [-0.39, 0.29) is 24.2 Å². The SMILES string of the molecule is C[C@H](N)c1cccc(Cl)c1O.Cl. The second kappa shape index (κ2) is 4.55. The van der Waals surface area contributed by atoms with Gasteiger partial charge in [-0.15, -0.1) is 12.4 Å². The first kappa shape index (κ1) is 11.6. The predicted molar refractivity (Wildman–Crippen MR) is 53.0 cm³/mol. The molecule has 68 valence electrons. The van der Waals surface area contributed by atoms with Crippen molar-refractivity contribution in [2.75, 3.05) is 0 Å². The van der Waals surface area contributed by atoms with Crippen molar-refractivity contribution in [2.24, 2.45) is 5.73 Å². The van der Waals surface area contributed by atoms with Crippen LogP contribution >= 0.6 is 24.0 Å². The van der Waals surface area contributed by atoms with Gasteiger partial charge in [-0.2, -0.15) is 0 Å². The van der Waals surface area contributed by atoms with Crippen molar-refractivity contribution >= 4 is 24.0 Å². The van der Waals surface area contributed by atoms with Crippen molar-refractivity contribution in [2.45, 2.75) is 13.0 Å². The highest BCUT2D eigenvalue weighted by Gasteiger charge is 2.07. The van der Waals surface area contributed by atoms with Crippen LogP contribution in [0.5, 0.6) is 5.75 Å². The molecule has 1 rings (SSSR count). The summed E-state index contributed by atoms with van der Waals surface area (Å²) < 4.78 is 0. The van der Waals surface area contributed by atoms with Gasteiger partial charge in [0.1, 0.15) is 5.75 Å². The Bertz CT molecular complexity index is 263. The molecule has 0 radical (unpaired) electrons. The minimum Gasteiger partial charge on any atom is -0.506 e. The van der Waals surface area contributed by atoms with Gasteiger partial charge in [0.25, 0.3) is 0 Å². The van der Waals surface area contributed by atoms with Gasteiger partial charge in [-0.25, -0.2) is 0 Å². The van der Waals surface area contributed by atoms with E-state index in [0.29, 0.717) is 10.6 Å². The number of hydrogen-bond donors (Lipinski definition) is 2. The third-order valence-corrected chi connectivity index (χ3v) is 1.81. The van der Waals surface area contributed by atoms with Gasteiger partial charge in [-0.3, -0.25) is 0 Å². The highest BCUT2D eigenvalue weighted by Crippen LogP contribution is 2.29. The predicted octanol–water partition coefficient (Wildman–Crippen LogP) is 2.49. The monoisotopic (exact) mass is 207 g/mol. The average molecular weight is 208 g/mol. The molecule has 1 atom stereocenters. The molecule has 0 aromatic heterocycles. The normalized spacial score (nSPS) is 11.9. The van der Waals surface area contributed by atoms with Crippen LogP contribution in [0.15, 0.2) is 18.2 Å². The fourth-order valence-electron chi connectivity index (χ4n) is 0.899. The molecule has 0 aliphatic rings. The van der Waals surface area contributed by atoms with Crippen molar-refractivity contribution < 1.29 is 5.11 Å². The first-order valence-corrected chi connectivity index (χ1v) is 3.73. The van der Waals surface area contributed by atoms with Gasteiger partial charge in [-0.05, 0) is 13.0 Å². The first-order chi connectivity index (χ1) is 5.13. The van der Waals surface area contributed by atoms with Crippen LogP contribution in [0.4, 0.5) is 0 Å². The van der Waals surface area contributed by atoms with Gasteiger partial charge in [0.15, 0.2) is 0 Å². The lowest BCUT2D eigenvalue weighted by atomic mass is 10.1. The number of rotatable bonds is 1. The van der Waals surface area contributed by atoms with E-state index in [1.54, 1.807) is 25.1 Å². The van der Waals surface area contributed by atoms with Crippen LogP contribution in [0.1, 0.15) is 18.5 Å². The van der Waals surface area contributed by atoms with Crippen molar-refractivity contribution in [3.63, 3.8) is 0 Å². The highest BCUT2D eigenvalue weighted by molar-refractivity contribution is 6.32. The van der Waals surface area contributed by atoms with Crippen molar-refractivity contribution in [3.05, 3.63) is 28.8 Å². The zero-order chi connectivity index (χ0) is 8.43. The van der Waals surface area contributed by atoms with Crippen molar-refractivity contribution in [1.82, 2.24) is 0 Å². The number of halogens is 2. The first-order valence-electron chi connectivity index (χ1n) is 3.36. The summed E-state index contributed by atoms with van der Waals surface area (Å²) in [5.74, 6) is 0.0872. The molecule has 0 amide bonds. The van der Waals surface area contributed by atoms with Crippen LogP contribution in [0.2, 0.25) is 5.02 Å². The van der Waals surface area contributed by atoms with Crippen LogP contribution in [0.3, 0.4) is 0 Å². The van der Waals surface area contributed by atoms with Gasteiger partial charge in [0, 0.05) is 11.6 Å². The quantitative estimate of drug-likeness (QED) is 0.744. The molecule has 0 unspecified atom stereocenters. The molecule has 0 heterocycles. The third-order valence-electron chi connectivity index (χ3n) is 1.51. The summed E-state index contributed by atoms with van der Waals surface area (Å²) in [5.41, 5.74) is 6.24. The Morgan fingerprint density at radius 2 is 2.08 bits per heavy atom. The smallest absolute Gasteiger partial charge is 0.138 e. The Morgan fingerprint density at radius 3 is 2.50 bits per heavy atom. The van der Waals surface area contributed by atoms with E-state index in [1.807, 2.05) is 0 Å². The fourth-order valence-corrected chi connectivity index (χ4v) is 1.08. The van der Waals surface area contributed by atoms with Crippen molar-refractivity contribution in [1.29, 1.82) is 0 Å². The van der Waals surface area contributed by atoms with E-state index in [0.717, 1.165) is 0 Å². The maximum Gasteiger partial charge on any atom is 0.138 e. The Morgan fingerprint density at radius 1 is 1.50 bits per heavy atom. The van der Waals surface area contributed by atoms with Gasteiger partial charge in [-0.1, -0.05) is 23.7 Å². The molecule has 0 aliphatic carbocycles. The average Bonchev–Trinajstić information content (AvgIpc) is 1.94. The number of hydrogen-bond acceptors (Lipinski definition) is 2. The van der Waals surface area contributed by atoms with Crippen molar-refractivity contribution in [3.8, 4) is 5.75 Å². The summed E-state index contributed by atoms with van der Waals surface area (Å²) >= 11 is 5.65. The minimum absolute atomic E-state index is 0. The van der Waals surface area contributed by atoms with E-state index in [9.17, 15) is 5.11 Å². The molecule has 2 nitrogen and oxygen atoms in total. The molecule has 0 bridgehead atoms. The maximum atomic E-state index is 9.36. The summed E-state index contributed by atoms with van der Waals surface area (Å²) in [6.45, 7) is 1.80. The molecule has 3 N–H and O–H groups in total. The Balaban J connectivity index is 0.00000121. The molecule has 0 spiro atoms. The second-order valence-corrected chi connectivity index (χ2v) is 2.87. The topological polar surface area (TPSA) is 46.2 Å². The van der Waals surface area contributed by atoms with Crippen LogP contribution in [-0.2, 0) is 0 Å². The van der Waals surface area contributed by atoms with Crippen LogP contribution in [0.25, 0.3) is 0 Å². The van der Waals surface area contributed by atoms with Crippen LogP contribution < -0.4 is 5.73 Å². The van der Waals surface area contributed by atoms with Gasteiger partial charge >= 0.3 is 0 Å². The number of para-hydroxylation sites is 1. The minimum atomic E-state index is -0.186. The van der Waals surface area contributed by atoms with E-state index in [4.69, 9.17) is 17.3 Å². The van der Waals surface area contributed by atoms with Gasteiger partial charge in [0.05, 0.1) is 5.02 Å². The summed E-state index contributed by atoms with van der Waals surface area (Å²) in [6, 6.07) is 4.96. The molecule has 12 heavy (non-hydrogen) atoms. The number of phenolic OH excluding ortho intramolecular Hbond substituents is 1. The standard InChI is InChI=1S/C8H10ClNO.ClH/c1-5(10)6-3-2-4-7(9)8(6)11;/h2-5,11H,10H2,1H3;1H/t5-;/m0./s1.